The van der Waals surface area contributed by atoms with E-state index in [-0.39, 0.29) is 5.56 Å². The summed E-state index contributed by atoms with van der Waals surface area (Å²) >= 11 is 0. The molecule has 0 aliphatic heterocycles. The lowest BCUT2D eigenvalue weighted by atomic mass is 9.70. The number of fused-ring (bicyclic) bond motifs is 22. The fourth-order valence-corrected chi connectivity index (χ4v) is 12.8. The minimum absolute atomic E-state index is 0.0143. The molecule has 2 aliphatic rings. The predicted octanol–water partition coefficient (Wildman–Crippen LogP) is 15.2. The van der Waals surface area contributed by atoms with Gasteiger partial charge in [0.05, 0.1) is 27.5 Å². The minimum Gasteiger partial charge on any atom is -0.456 e. The quantitative estimate of drug-likeness (QED) is 0.163. The summed E-state index contributed by atoms with van der Waals surface area (Å²) in [5, 5.41) is 9.57. The van der Waals surface area contributed by atoms with Crippen LogP contribution in [0.25, 0.3) is 121 Å². The number of nitrogens with zero attached hydrogens (tertiary/aromatic N) is 2. The first kappa shape index (κ1) is 34.7. The van der Waals surface area contributed by atoms with Gasteiger partial charge in [-0.25, -0.2) is 0 Å². The van der Waals surface area contributed by atoms with E-state index < -0.39 is 5.41 Å². The molecule has 10 aromatic carbocycles. The van der Waals surface area contributed by atoms with Crippen LogP contribution in [0.1, 0.15) is 22.3 Å². The Labute approximate surface area is 376 Å². The fraction of sp³-hybridized carbons (Fsp3) is 0.0161. The Morgan fingerprint density at radius 1 is 0.379 bits per heavy atom. The highest BCUT2D eigenvalue weighted by Gasteiger charge is 2.52. The van der Waals surface area contributed by atoms with Crippen molar-refractivity contribution in [1.82, 2.24) is 8.97 Å². The van der Waals surface area contributed by atoms with Crippen LogP contribution in [0.3, 0.4) is 0 Å². The molecule has 0 bridgehead atoms. The third-order valence-electron chi connectivity index (χ3n) is 15.3. The van der Waals surface area contributed by atoms with Crippen LogP contribution < -0.4 is 5.56 Å². The Kier molecular flexibility index (Phi) is 6.36. The number of pyridine rings is 1. The van der Waals surface area contributed by atoms with Gasteiger partial charge >= 0.3 is 0 Å². The highest BCUT2D eigenvalue weighted by molar-refractivity contribution is 6.22. The molecular formula is C62H34N2O2. The van der Waals surface area contributed by atoms with Crippen molar-refractivity contribution in [3.8, 4) is 39.1 Å². The van der Waals surface area contributed by atoms with Crippen molar-refractivity contribution >= 4 is 81.7 Å². The Morgan fingerprint density at radius 2 is 1.00 bits per heavy atom. The van der Waals surface area contributed by atoms with E-state index in [1.807, 2.05) is 22.6 Å². The number of hydrogen-bond acceptors (Lipinski definition) is 2. The number of benzene rings is 10. The predicted molar refractivity (Wildman–Crippen MR) is 271 cm³/mol. The van der Waals surface area contributed by atoms with Crippen LogP contribution >= 0.6 is 0 Å². The molecule has 0 radical (unpaired) electrons. The summed E-state index contributed by atoms with van der Waals surface area (Å²) < 4.78 is 11.0. The van der Waals surface area contributed by atoms with Crippen LogP contribution in [-0.2, 0) is 5.41 Å². The lowest BCUT2D eigenvalue weighted by Crippen LogP contribution is -2.25. The topological polar surface area (TPSA) is 39.5 Å². The first-order chi connectivity index (χ1) is 32.7. The van der Waals surface area contributed by atoms with E-state index >= 15 is 0 Å². The van der Waals surface area contributed by atoms with Crippen molar-refractivity contribution in [2.45, 2.75) is 5.41 Å². The van der Waals surface area contributed by atoms with Crippen LogP contribution in [0.4, 0.5) is 0 Å². The van der Waals surface area contributed by atoms with E-state index in [2.05, 4.69) is 193 Å². The minimum atomic E-state index is -0.418. The maximum Gasteiger partial charge on any atom is 0.263 e. The lowest BCUT2D eigenvalue weighted by Gasteiger charge is -2.30. The molecule has 0 fully saturated rings. The number of hydrogen-bond donors (Lipinski definition) is 0. The van der Waals surface area contributed by atoms with E-state index in [0.29, 0.717) is 0 Å². The van der Waals surface area contributed by atoms with Crippen LogP contribution in [0.15, 0.2) is 215 Å². The number of para-hydroxylation sites is 2. The maximum atomic E-state index is 14.1. The Balaban J connectivity index is 0.937. The average Bonchev–Trinajstić information content (AvgIpc) is 4.16. The summed E-state index contributed by atoms with van der Waals surface area (Å²) in [7, 11) is 0. The lowest BCUT2D eigenvalue weighted by molar-refractivity contribution is 0.669. The van der Waals surface area contributed by atoms with Crippen molar-refractivity contribution in [3.63, 3.8) is 0 Å². The Morgan fingerprint density at radius 3 is 1.80 bits per heavy atom. The van der Waals surface area contributed by atoms with Crippen molar-refractivity contribution in [3.05, 3.63) is 239 Å². The molecule has 14 aromatic rings. The standard InChI is InChI=1S/C62H34N2O2/c65-61-43-16-2-1-13-38(43)41-20-11-21-42-46-33-35(27-30-53(46)64(61)60(41)42)37-19-12-26-56-57(37)47-34-36(28-32-55(47)66-56)63-52-25-10-6-18-45(52)59-54(63)31-29-51-58(59)44-17-5-9-24-50(44)62(51)48-22-7-3-14-39(48)40-15-4-8-23-49(40)62/h1-34H. The summed E-state index contributed by atoms with van der Waals surface area (Å²) in [6.45, 7) is 0. The monoisotopic (exact) mass is 838 g/mol. The maximum absolute atomic E-state index is 14.1. The third-order valence-corrected chi connectivity index (χ3v) is 15.3. The third kappa shape index (κ3) is 4.02. The second-order valence-corrected chi connectivity index (χ2v) is 18.2. The average molecular weight is 839 g/mol. The van der Waals surface area contributed by atoms with Crippen LogP contribution in [-0.4, -0.2) is 8.97 Å². The van der Waals surface area contributed by atoms with E-state index in [0.717, 1.165) is 82.2 Å². The summed E-state index contributed by atoms with van der Waals surface area (Å²) in [5.74, 6) is 0. The van der Waals surface area contributed by atoms with Crippen molar-refractivity contribution < 1.29 is 4.42 Å². The van der Waals surface area contributed by atoms with Crippen molar-refractivity contribution in [1.29, 1.82) is 0 Å². The second-order valence-electron chi connectivity index (χ2n) is 18.2. The van der Waals surface area contributed by atoms with Crippen LogP contribution in [0.5, 0.6) is 0 Å². The fourth-order valence-electron chi connectivity index (χ4n) is 12.8. The zero-order valence-electron chi connectivity index (χ0n) is 35.3. The molecule has 0 atom stereocenters. The van der Waals surface area contributed by atoms with E-state index in [9.17, 15) is 4.79 Å². The molecule has 0 saturated heterocycles. The number of aromatic nitrogens is 2. The zero-order chi connectivity index (χ0) is 43.0. The highest BCUT2D eigenvalue weighted by atomic mass is 16.3. The van der Waals surface area contributed by atoms with Gasteiger partial charge in [0.1, 0.15) is 11.2 Å². The smallest absolute Gasteiger partial charge is 0.263 e. The van der Waals surface area contributed by atoms with Gasteiger partial charge in [-0.3, -0.25) is 9.20 Å². The Bertz CT molecular complexity index is 4520. The molecule has 4 nitrogen and oxygen atoms in total. The van der Waals surface area contributed by atoms with Crippen molar-refractivity contribution in [2.24, 2.45) is 0 Å². The zero-order valence-corrected chi connectivity index (χ0v) is 35.3. The normalized spacial score (nSPS) is 13.6. The molecule has 1 spiro atoms. The molecule has 0 saturated carbocycles. The van der Waals surface area contributed by atoms with Gasteiger partial charge < -0.3 is 8.98 Å². The molecular weight excluding hydrogens is 805 g/mol. The first-order valence-electron chi connectivity index (χ1n) is 22.7. The molecule has 0 unspecified atom stereocenters. The van der Waals surface area contributed by atoms with E-state index in [4.69, 9.17) is 4.42 Å². The summed E-state index contributed by atoms with van der Waals surface area (Å²) in [5.41, 5.74) is 19.3. The molecule has 0 amide bonds. The molecule has 4 heterocycles. The number of rotatable bonds is 2. The molecule has 2 aliphatic carbocycles. The summed E-state index contributed by atoms with van der Waals surface area (Å²) in [6.07, 6.45) is 0. The summed E-state index contributed by atoms with van der Waals surface area (Å²) in [6, 6.07) is 74.7. The van der Waals surface area contributed by atoms with E-state index in [1.165, 1.54) is 60.8 Å². The highest BCUT2D eigenvalue weighted by Crippen LogP contribution is 2.64. The van der Waals surface area contributed by atoms with Gasteiger partial charge in [-0.1, -0.05) is 152 Å². The largest absolute Gasteiger partial charge is 0.456 e. The van der Waals surface area contributed by atoms with Gasteiger partial charge in [0.25, 0.3) is 5.56 Å². The Hall–Kier alpha value is -8.73. The second kappa shape index (κ2) is 12.1. The molecule has 66 heavy (non-hydrogen) atoms. The van der Waals surface area contributed by atoms with Crippen molar-refractivity contribution in [2.75, 3.05) is 0 Å². The van der Waals surface area contributed by atoms with Gasteiger partial charge in [-0.2, -0.15) is 0 Å². The molecule has 4 aromatic heterocycles. The SMILES string of the molecule is O=c1c2ccccc2c2cccc3c4cc(-c5cccc6oc7ccc(-n8c9ccccc9c9c%10c(ccc98)C8(c9ccccc9-c9ccccc98)c8ccccc8-%10)cc7c56)ccc4n1c23. The van der Waals surface area contributed by atoms with Gasteiger partial charge in [0.15, 0.2) is 0 Å². The van der Waals surface area contributed by atoms with Gasteiger partial charge in [0, 0.05) is 48.8 Å². The molecule has 16 rings (SSSR count). The van der Waals surface area contributed by atoms with Crippen LogP contribution in [0, 0.1) is 0 Å². The molecule has 4 heteroatoms. The molecule has 304 valence electrons. The van der Waals surface area contributed by atoms with E-state index in [1.54, 1.807) is 0 Å². The molecule has 0 N–H and O–H groups in total. The van der Waals surface area contributed by atoms with Gasteiger partial charge in [-0.05, 0) is 116 Å². The van der Waals surface area contributed by atoms with Gasteiger partial charge in [0.2, 0.25) is 0 Å². The summed E-state index contributed by atoms with van der Waals surface area (Å²) in [4.78, 5) is 14.1. The first-order valence-corrected chi connectivity index (χ1v) is 22.7. The van der Waals surface area contributed by atoms with Crippen LogP contribution in [0.2, 0.25) is 0 Å². The van der Waals surface area contributed by atoms with Gasteiger partial charge in [-0.15, -0.1) is 0 Å². The number of furan rings is 1.